The molecule has 1 aromatic heterocycles. The van der Waals surface area contributed by atoms with Crippen molar-refractivity contribution in [1.29, 1.82) is 0 Å². The number of nitrogens with two attached hydrogens (primary N) is 1. The fourth-order valence-electron chi connectivity index (χ4n) is 5.67. The number of benzene rings is 2. The van der Waals surface area contributed by atoms with Crippen molar-refractivity contribution in [1.82, 2.24) is 25.3 Å². The molecule has 2 aliphatic heterocycles. The Bertz CT molecular complexity index is 1680. The van der Waals surface area contributed by atoms with Gasteiger partial charge in [-0.1, -0.05) is 53.2 Å². The second kappa shape index (κ2) is 16.0. The number of carbonyl (C=O) groups is 3. The third-order valence-corrected chi connectivity index (χ3v) is 9.62. The lowest BCUT2D eigenvalue weighted by molar-refractivity contribution is -0.137. The summed E-state index contributed by atoms with van der Waals surface area (Å²) < 4.78 is 1.94. The summed E-state index contributed by atoms with van der Waals surface area (Å²) in [4.78, 5) is 39.7. The van der Waals surface area contributed by atoms with E-state index in [1.807, 2.05) is 28.6 Å². The minimum absolute atomic E-state index is 0.0421. The summed E-state index contributed by atoms with van der Waals surface area (Å²) >= 11 is 15.1. The Morgan fingerprint density at radius 2 is 1.83 bits per heavy atom. The molecule has 2 aliphatic rings. The molecule has 0 radical (unpaired) electrons. The van der Waals surface area contributed by atoms with Gasteiger partial charge in [0.15, 0.2) is 0 Å². The van der Waals surface area contributed by atoms with E-state index in [1.54, 1.807) is 24.3 Å². The number of nitrogens with zero attached hydrogens (tertiary/aromatic N) is 3. The molecule has 2 aromatic carbocycles. The van der Waals surface area contributed by atoms with Crippen LogP contribution in [-0.4, -0.2) is 87.7 Å². The Balaban J connectivity index is 1.51. The fraction of sp³-hybridized carbons (Fsp3) is 0.394. The van der Waals surface area contributed by atoms with E-state index in [9.17, 15) is 14.4 Å². The van der Waals surface area contributed by atoms with Gasteiger partial charge < -0.3 is 26.4 Å². The minimum Gasteiger partial charge on any atom is -0.396 e. The number of ketones is 1. The molecule has 5 N–H and O–H groups in total. The van der Waals surface area contributed by atoms with E-state index < -0.39 is 17.7 Å². The number of Topliss-reactive ketones (excluding diaryl/α,β-unsaturated/α-hetero) is 1. The van der Waals surface area contributed by atoms with Crippen molar-refractivity contribution < 1.29 is 19.5 Å². The van der Waals surface area contributed by atoms with Gasteiger partial charge in [0, 0.05) is 79.6 Å². The van der Waals surface area contributed by atoms with Crippen molar-refractivity contribution in [2.45, 2.75) is 38.4 Å². The maximum Gasteiger partial charge on any atom is 0.286 e. The Kier molecular flexibility index (Phi) is 11.8. The van der Waals surface area contributed by atoms with Crippen LogP contribution >= 0.6 is 35.0 Å². The summed E-state index contributed by atoms with van der Waals surface area (Å²) in [5.74, 6) is 6.54. The predicted octanol–water partition coefficient (Wildman–Crippen LogP) is 2.88. The quantitative estimate of drug-likeness (QED) is 0.137. The fourth-order valence-corrected chi connectivity index (χ4v) is 7.13. The van der Waals surface area contributed by atoms with Crippen LogP contribution in [0.15, 0.2) is 36.4 Å². The van der Waals surface area contributed by atoms with Crippen LogP contribution in [0, 0.1) is 11.8 Å². The first-order valence-corrected chi connectivity index (χ1v) is 17.1. The highest BCUT2D eigenvalue weighted by Gasteiger charge is 2.32. The zero-order valence-corrected chi connectivity index (χ0v) is 27.6. The number of aryl methyl sites for hydroxylation is 1. The summed E-state index contributed by atoms with van der Waals surface area (Å²) in [6.45, 7) is 4.28. The van der Waals surface area contributed by atoms with E-state index in [-0.39, 0.29) is 29.5 Å². The van der Waals surface area contributed by atoms with E-state index in [0.29, 0.717) is 53.5 Å². The number of thioether (sulfide) groups is 1. The molecular formula is C33H36Cl2N6O4S. The number of aromatic nitrogens is 2. The molecule has 1 unspecified atom stereocenters. The predicted molar refractivity (Wildman–Crippen MR) is 181 cm³/mol. The van der Waals surface area contributed by atoms with Gasteiger partial charge in [0.1, 0.15) is 0 Å². The first kappa shape index (κ1) is 34.0. The molecule has 46 heavy (non-hydrogen) atoms. The molecule has 0 bridgehead atoms. The lowest BCUT2D eigenvalue weighted by Gasteiger charge is -2.26. The Morgan fingerprint density at radius 3 is 2.59 bits per heavy atom. The highest BCUT2D eigenvalue weighted by atomic mass is 35.5. The van der Waals surface area contributed by atoms with Crippen molar-refractivity contribution in [2.24, 2.45) is 5.73 Å². The van der Waals surface area contributed by atoms with Gasteiger partial charge in [0.2, 0.25) is 5.78 Å². The van der Waals surface area contributed by atoms with Gasteiger partial charge in [-0.2, -0.15) is 16.9 Å². The second-order valence-corrected chi connectivity index (χ2v) is 13.1. The third kappa shape index (κ3) is 7.94. The number of fused-ring (bicyclic) bond motifs is 1. The maximum absolute atomic E-state index is 12.9. The smallest absolute Gasteiger partial charge is 0.286 e. The first-order valence-electron chi connectivity index (χ1n) is 15.2. The number of hydrogen-bond acceptors (Lipinski definition) is 8. The summed E-state index contributed by atoms with van der Waals surface area (Å²) in [5.41, 5.74) is 9.71. The largest absolute Gasteiger partial charge is 0.396 e. The molecule has 5 rings (SSSR count). The third-order valence-electron chi connectivity index (χ3n) is 8.05. The number of halogens is 2. The standard InChI is InChI=1S/C33H36Cl2N6O4S/c34-25-7-2-6-23(22(25)10-9-21-5-1-8-26(35)29(21)33(45)37-11-3-16-42)30-24-20-38-27(31(43)32(36)44)19-28(24)41(39-30)13-4-12-40-14-17-46-18-15-40/h1-2,5-8,27,38,42H,3-4,11-20H2,(H2,36,44)(H,37,45). The topological polar surface area (TPSA) is 143 Å². The number of primary amides is 1. The van der Waals surface area contributed by atoms with Crippen molar-refractivity contribution in [2.75, 3.05) is 44.3 Å². The van der Waals surface area contributed by atoms with Gasteiger partial charge >= 0.3 is 0 Å². The molecule has 0 spiro atoms. The van der Waals surface area contributed by atoms with Crippen molar-refractivity contribution in [3.05, 3.63) is 74.4 Å². The summed E-state index contributed by atoms with van der Waals surface area (Å²) in [7, 11) is 0. The van der Waals surface area contributed by atoms with E-state index in [1.165, 1.54) is 0 Å². The van der Waals surface area contributed by atoms with Crippen molar-refractivity contribution in [3.8, 4) is 23.1 Å². The van der Waals surface area contributed by atoms with Gasteiger partial charge in [-0.15, -0.1) is 0 Å². The SMILES string of the molecule is NC(=O)C(=O)C1Cc2c(c(-c3cccc(Cl)c3C#Cc3cccc(Cl)c3C(=O)NCCCO)nn2CCCN2CCSCC2)CN1. The normalized spacial score (nSPS) is 16.3. The first-order chi connectivity index (χ1) is 22.3. The molecule has 0 saturated carbocycles. The van der Waals surface area contributed by atoms with E-state index in [0.717, 1.165) is 48.8 Å². The highest BCUT2D eigenvalue weighted by molar-refractivity contribution is 7.99. The van der Waals surface area contributed by atoms with E-state index >= 15 is 0 Å². The average Bonchev–Trinajstić information content (AvgIpc) is 3.41. The van der Waals surface area contributed by atoms with E-state index in [4.69, 9.17) is 39.1 Å². The molecule has 13 heteroatoms. The number of aliphatic hydroxyl groups excluding tert-OH is 1. The van der Waals surface area contributed by atoms with Crippen LogP contribution in [0.1, 0.15) is 45.6 Å². The highest BCUT2D eigenvalue weighted by Crippen LogP contribution is 2.34. The molecule has 2 amide bonds. The second-order valence-electron chi connectivity index (χ2n) is 11.1. The van der Waals surface area contributed by atoms with Crippen molar-refractivity contribution >= 4 is 52.6 Å². The van der Waals surface area contributed by atoms with Crippen LogP contribution in [0.25, 0.3) is 11.3 Å². The molecule has 10 nitrogen and oxygen atoms in total. The van der Waals surface area contributed by atoms with Crippen LogP contribution in [0.3, 0.4) is 0 Å². The number of carbonyl (C=O) groups excluding carboxylic acids is 3. The summed E-state index contributed by atoms with van der Waals surface area (Å²) in [5, 5.41) is 20.7. The Labute approximate surface area is 282 Å². The number of hydrogen-bond donors (Lipinski definition) is 4. The average molecular weight is 684 g/mol. The monoisotopic (exact) mass is 682 g/mol. The lowest BCUT2D eigenvalue weighted by Crippen LogP contribution is -2.47. The molecule has 242 valence electrons. The molecule has 1 saturated heterocycles. The summed E-state index contributed by atoms with van der Waals surface area (Å²) in [6, 6.07) is 9.81. The minimum atomic E-state index is -0.968. The van der Waals surface area contributed by atoms with Crippen LogP contribution in [0.4, 0.5) is 0 Å². The van der Waals surface area contributed by atoms with Crippen LogP contribution in [0.5, 0.6) is 0 Å². The number of aliphatic hydroxyl groups is 1. The Hall–Kier alpha value is -3.37. The number of amides is 2. The maximum atomic E-state index is 12.9. The molecular weight excluding hydrogens is 647 g/mol. The lowest BCUT2D eigenvalue weighted by atomic mass is 9.94. The van der Waals surface area contributed by atoms with Gasteiger partial charge in [0.25, 0.3) is 11.8 Å². The van der Waals surface area contributed by atoms with Crippen molar-refractivity contribution in [3.63, 3.8) is 0 Å². The van der Waals surface area contributed by atoms with Crippen LogP contribution in [0.2, 0.25) is 10.0 Å². The molecule has 3 aromatic rings. The molecule has 0 aliphatic carbocycles. The van der Waals surface area contributed by atoms with Gasteiger partial charge in [0.05, 0.1) is 32.9 Å². The zero-order valence-electron chi connectivity index (χ0n) is 25.3. The molecule has 1 atom stereocenters. The zero-order chi connectivity index (χ0) is 32.6. The summed E-state index contributed by atoms with van der Waals surface area (Å²) in [6.07, 6.45) is 1.57. The molecule has 3 heterocycles. The Morgan fingerprint density at radius 1 is 1.07 bits per heavy atom. The van der Waals surface area contributed by atoms with E-state index in [2.05, 4.69) is 27.4 Å². The number of rotatable bonds is 11. The molecule has 1 fully saturated rings. The number of nitrogens with one attached hydrogen (secondary N) is 2. The van der Waals surface area contributed by atoms with Crippen LogP contribution in [-0.2, 0) is 29.1 Å². The van der Waals surface area contributed by atoms with Gasteiger partial charge in [-0.3, -0.25) is 19.1 Å². The van der Waals surface area contributed by atoms with Gasteiger partial charge in [-0.05, 0) is 37.6 Å². The van der Waals surface area contributed by atoms with Crippen LogP contribution < -0.4 is 16.4 Å². The van der Waals surface area contributed by atoms with Gasteiger partial charge in [-0.25, -0.2) is 0 Å².